The van der Waals surface area contributed by atoms with Gasteiger partial charge in [0.25, 0.3) is 5.91 Å². The Bertz CT molecular complexity index is 554. The maximum absolute atomic E-state index is 11.9. The number of nitrogens with two attached hydrogens (primary N) is 1. The van der Waals surface area contributed by atoms with E-state index in [1.165, 1.54) is 13.4 Å². The van der Waals surface area contributed by atoms with Gasteiger partial charge in [-0.2, -0.15) is 4.98 Å². The first-order valence-electron chi connectivity index (χ1n) is 5.68. The Morgan fingerprint density at radius 2 is 2.37 bits per heavy atom. The van der Waals surface area contributed by atoms with Crippen molar-refractivity contribution in [3.8, 4) is 5.75 Å². The number of nitrogen functional groups attached to an aromatic ring is 1. The molecular formula is C12H14N4O3. The minimum atomic E-state index is -0.268. The van der Waals surface area contributed by atoms with Crippen molar-refractivity contribution in [2.75, 3.05) is 19.4 Å². The van der Waals surface area contributed by atoms with E-state index < -0.39 is 0 Å². The number of methoxy groups -OCH3 is 1. The van der Waals surface area contributed by atoms with Crippen molar-refractivity contribution in [3.05, 3.63) is 36.0 Å². The highest BCUT2D eigenvalue weighted by Gasteiger charge is 2.11. The summed E-state index contributed by atoms with van der Waals surface area (Å²) in [6, 6.07) is 4.92. The van der Waals surface area contributed by atoms with Crippen molar-refractivity contribution in [2.24, 2.45) is 0 Å². The van der Waals surface area contributed by atoms with Crippen molar-refractivity contribution < 1.29 is 14.1 Å². The normalized spacial score (nSPS) is 10.2. The third-order valence-corrected chi connectivity index (χ3v) is 2.54. The van der Waals surface area contributed by atoms with Crippen molar-refractivity contribution in [1.82, 2.24) is 15.5 Å². The molecule has 3 N–H and O–H groups in total. The van der Waals surface area contributed by atoms with Gasteiger partial charge in [-0.3, -0.25) is 4.79 Å². The van der Waals surface area contributed by atoms with Gasteiger partial charge in [-0.05, 0) is 18.2 Å². The average Bonchev–Trinajstić information content (AvgIpc) is 2.92. The molecule has 0 bridgehead atoms. The summed E-state index contributed by atoms with van der Waals surface area (Å²) in [6.45, 7) is 0.387. The molecule has 19 heavy (non-hydrogen) atoms. The molecule has 0 radical (unpaired) electrons. The molecule has 2 aromatic rings. The molecule has 0 aliphatic rings. The number of anilines is 1. The second kappa shape index (κ2) is 5.85. The van der Waals surface area contributed by atoms with Gasteiger partial charge in [-0.1, -0.05) is 5.16 Å². The third-order valence-electron chi connectivity index (χ3n) is 2.54. The summed E-state index contributed by atoms with van der Waals surface area (Å²) in [7, 11) is 1.53. The van der Waals surface area contributed by atoms with Crippen LogP contribution in [0.2, 0.25) is 0 Å². The molecule has 1 heterocycles. The maximum atomic E-state index is 11.9. The lowest BCUT2D eigenvalue weighted by Crippen LogP contribution is -2.26. The Hall–Kier alpha value is -2.57. The molecule has 0 saturated heterocycles. The third kappa shape index (κ3) is 3.21. The fraction of sp³-hybridized carbons (Fsp3) is 0.250. The van der Waals surface area contributed by atoms with Gasteiger partial charge in [0.1, 0.15) is 5.75 Å². The van der Waals surface area contributed by atoms with E-state index in [1.54, 1.807) is 18.2 Å². The highest BCUT2D eigenvalue weighted by molar-refractivity contribution is 5.99. The molecule has 0 unspecified atom stereocenters. The smallest absolute Gasteiger partial charge is 0.253 e. The van der Waals surface area contributed by atoms with Gasteiger partial charge in [0.05, 0.1) is 12.7 Å². The first-order valence-corrected chi connectivity index (χ1v) is 5.68. The van der Waals surface area contributed by atoms with E-state index in [1.807, 2.05) is 0 Å². The molecule has 1 aromatic heterocycles. The number of carbonyl (C=O) groups excluding carboxylic acids is 1. The summed E-state index contributed by atoms with van der Waals surface area (Å²) in [5, 5.41) is 6.21. The Labute approximate surface area is 109 Å². The zero-order valence-corrected chi connectivity index (χ0v) is 10.4. The van der Waals surface area contributed by atoms with Gasteiger partial charge in [-0.25, -0.2) is 0 Å². The average molecular weight is 262 g/mol. The molecule has 0 saturated carbocycles. The van der Waals surface area contributed by atoms with Crippen LogP contribution >= 0.6 is 0 Å². The lowest BCUT2D eigenvalue weighted by atomic mass is 10.1. The van der Waals surface area contributed by atoms with E-state index in [0.29, 0.717) is 35.9 Å². The molecule has 0 aliphatic heterocycles. The fourth-order valence-corrected chi connectivity index (χ4v) is 1.54. The molecule has 0 aliphatic carbocycles. The van der Waals surface area contributed by atoms with Crippen LogP contribution in [0.15, 0.2) is 29.0 Å². The number of nitrogens with zero attached hydrogens (tertiary/aromatic N) is 2. The van der Waals surface area contributed by atoms with E-state index in [0.717, 1.165) is 0 Å². The van der Waals surface area contributed by atoms with Gasteiger partial charge < -0.3 is 20.3 Å². The van der Waals surface area contributed by atoms with Crippen molar-refractivity contribution in [1.29, 1.82) is 0 Å². The molecule has 1 aromatic carbocycles. The number of benzene rings is 1. The minimum Gasteiger partial charge on any atom is -0.497 e. The highest BCUT2D eigenvalue weighted by Crippen LogP contribution is 2.19. The van der Waals surface area contributed by atoms with Crippen LogP contribution < -0.4 is 15.8 Å². The second-order valence-electron chi connectivity index (χ2n) is 3.79. The molecule has 0 fully saturated rings. The van der Waals surface area contributed by atoms with Gasteiger partial charge in [0.2, 0.25) is 5.89 Å². The minimum absolute atomic E-state index is 0.268. The molecule has 7 nitrogen and oxygen atoms in total. The summed E-state index contributed by atoms with van der Waals surface area (Å²) in [6.07, 6.45) is 1.78. The molecule has 7 heteroatoms. The Balaban J connectivity index is 1.95. The fourth-order valence-electron chi connectivity index (χ4n) is 1.54. The number of ether oxygens (including phenoxy) is 1. The number of nitrogens with one attached hydrogen (secondary N) is 1. The van der Waals surface area contributed by atoms with Gasteiger partial charge in [0.15, 0.2) is 6.33 Å². The number of carbonyl (C=O) groups is 1. The van der Waals surface area contributed by atoms with Crippen LogP contribution in [0.25, 0.3) is 0 Å². The summed E-state index contributed by atoms with van der Waals surface area (Å²) >= 11 is 0. The zero-order valence-electron chi connectivity index (χ0n) is 10.4. The number of rotatable bonds is 5. The van der Waals surface area contributed by atoms with Gasteiger partial charge in [-0.15, -0.1) is 0 Å². The van der Waals surface area contributed by atoms with E-state index in [-0.39, 0.29) is 5.91 Å². The lowest BCUT2D eigenvalue weighted by Gasteiger charge is -2.08. The Morgan fingerprint density at radius 3 is 3.05 bits per heavy atom. The first-order chi connectivity index (χ1) is 9.20. The number of hydrogen-bond donors (Lipinski definition) is 2. The molecule has 0 spiro atoms. The Morgan fingerprint density at radius 1 is 1.53 bits per heavy atom. The summed E-state index contributed by atoms with van der Waals surface area (Å²) in [5.41, 5.74) is 6.53. The Kier molecular flexibility index (Phi) is 3.97. The predicted octanol–water partition coefficient (Wildman–Crippen LogP) is 0.633. The topological polar surface area (TPSA) is 103 Å². The predicted molar refractivity (Wildman–Crippen MR) is 67.7 cm³/mol. The second-order valence-corrected chi connectivity index (χ2v) is 3.79. The molecule has 100 valence electrons. The lowest BCUT2D eigenvalue weighted by molar-refractivity contribution is 0.0954. The van der Waals surface area contributed by atoms with E-state index in [2.05, 4.69) is 15.5 Å². The number of amides is 1. The maximum Gasteiger partial charge on any atom is 0.253 e. The molecule has 1 amide bonds. The van der Waals surface area contributed by atoms with Crippen LogP contribution in [0.1, 0.15) is 16.2 Å². The van der Waals surface area contributed by atoms with Crippen LogP contribution in [0.4, 0.5) is 5.69 Å². The SMILES string of the molecule is COc1ccc(N)c(C(=O)NCCc2ncno2)c1. The number of aromatic nitrogens is 2. The van der Waals surface area contributed by atoms with Gasteiger partial charge >= 0.3 is 0 Å². The van der Waals surface area contributed by atoms with E-state index >= 15 is 0 Å². The van der Waals surface area contributed by atoms with Crippen LogP contribution in [0, 0.1) is 0 Å². The monoisotopic (exact) mass is 262 g/mol. The highest BCUT2D eigenvalue weighted by atomic mass is 16.5. The van der Waals surface area contributed by atoms with Crippen molar-refractivity contribution >= 4 is 11.6 Å². The van der Waals surface area contributed by atoms with Crippen molar-refractivity contribution in [2.45, 2.75) is 6.42 Å². The van der Waals surface area contributed by atoms with Crippen LogP contribution in [-0.4, -0.2) is 29.7 Å². The summed E-state index contributed by atoms with van der Waals surface area (Å²) < 4.78 is 9.88. The van der Waals surface area contributed by atoms with Crippen LogP contribution in [-0.2, 0) is 6.42 Å². The van der Waals surface area contributed by atoms with Crippen LogP contribution in [0.3, 0.4) is 0 Å². The van der Waals surface area contributed by atoms with Crippen molar-refractivity contribution in [3.63, 3.8) is 0 Å². The first kappa shape index (κ1) is 12.9. The quantitative estimate of drug-likeness (QED) is 0.766. The standard InChI is InChI=1S/C12H14N4O3/c1-18-8-2-3-10(13)9(6-8)12(17)14-5-4-11-15-7-16-19-11/h2-3,6-7H,4-5,13H2,1H3,(H,14,17). The molecule has 2 rings (SSSR count). The van der Waals surface area contributed by atoms with Crippen LogP contribution in [0.5, 0.6) is 5.75 Å². The number of hydrogen-bond acceptors (Lipinski definition) is 6. The zero-order chi connectivity index (χ0) is 13.7. The molecule has 0 atom stereocenters. The summed E-state index contributed by atoms with van der Waals surface area (Å²) in [5.74, 6) is 0.783. The van der Waals surface area contributed by atoms with E-state index in [9.17, 15) is 4.79 Å². The largest absolute Gasteiger partial charge is 0.497 e. The van der Waals surface area contributed by atoms with Gasteiger partial charge in [0, 0.05) is 18.7 Å². The van der Waals surface area contributed by atoms with E-state index in [4.69, 9.17) is 15.0 Å². The summed E-state index contributed by atoms with van der Waals surface area (Å²) in [4.78, 5) is 15.8. The molecular weight excluding hydrogens is 248 g/mol.